The fourth-order valence-electron chi connectivity index (χ4n) is 1.96. The highest BCUT2D eigenvalue weighted by Gasteiger charge is 2.19. The smallest absolute Gasteiger partial charge is 0.338 e. The summed E-state index contributed by atoms with van der Waals surface area (Å²) >= 11 is 0. The largest absolute Gasteiger partial charge is 0.497 e. The molecule has 120 valence electrons. The molecule has 0 aromatic heterocycles. The van der Waals surface area contributed by atoms with Crippen molar-refractivity contribution in [2.24, 2.45) is 0 Å². The van der Waals surface area contributed by atoms with Gasteiger partial charge in [-0.1, -0.05) is 18.2 Å². The number of esters is 1. The number of amides is 1. The molecule has 0 bridgehead atoms. The lowest BCUT2D eigenvalue weighted by molar-refractivity contribution is -0.123. The molecule has 0 heterocycles. The van der Waals surface area contributed by atoms with Crippen LogP contribution in [0.1, 0.15) is 22.8 Å². The maximum Gasteiger partial charge on any atom is 0.338 e. The van der Waals surface area contributed by atoms with E-state index in [0.717, 1.165) is 5.56 Å². The molecule has 0 saturated carbocycles. The molecule has 2 aromatic carbocycles. The zero-order valence-electron chi connectivity index (χ0n) is 13.3. The lowest BCUT2D eigenvalue weighted by Crippen LogP contribution is -2.30. The number of carbonyl (C=O) groups excluding carboxylic acids is 2. The minimum absolute atomic E-state index is 0.362. The first-order valence-corrected chi connectivity index (χ1v) is 7.23. The number of benzene rings is 2. The van der Waals surface area contributed by atoms with E-state index in [1.54, 1.807) is 37.4 Å². The van der Waals surface area contributed by atoms with Crippen LogP contribution in [0.15, 0.2) is 48.5 Å². The van der Waals surface area contributed by atoms with Crippen LogP contribution in [0.25, 0.3) is 0 Å². The van der Waals surface area contributed by atoms with Gasteiger partial charge in [0.2, 0.25) is 0 Å². The number of para-hydroxylation sites is 1. The van der Waals surface area contributed by atoms with Gasteiger partial charge in [-0.3, -0.25) is 4.79 Å². The summed E-state index contributed by atoms with van der Waals surface area (Å²) in [6.07, 6.45) is -0.899. The highest BCUT2D eigenvalue weighted by Crippen LogP contribution is 2.15. The highest BCUT2D eigenvalue weighted by molar-refractivity contribution is 5.97. The summed E-state index contributed by atoms with van der Waals surface area (Å²) in [5.74, 6) is -0.284. The van der Waals surface area contributed by atoms with Gasteiger partial charge in [0.05, 0.1) is 12.7 Å². The Morgan fingerprint density at radius 2 is 1.70 bits per heavy atom. The number of hydrogen-bond acceptors (Lipinski definition) is 4. The lowest BCUT2D eigenvalue weighted by atomic mass is 10.2. The van der Waals surface area contributed by atoms with Gasteiger partial charge in [0, 0.05) is 5.69 Å². The van der Waals surface area contributed by atoms with Crippen molar-refractivity contribution in [3.8, 4) is 5.75 Å². The summed E-state index contributed by atoms with van der Waals surface area (Å²) in [5, 5.41) is 2.75. The number of rotatable bonds is 5. The number of nitrogens with one attached hydrogen (secondary N) is 1. The molecule has 1 N–H and O–H groups in total. The molecule has 1 amide bonds. The van der Waals surface area contributed by atoms with Gasteiger partial charge in [-0.25, -0.2) is 4.79 Å². The molecule has 0 aliphatic heterocycles. The number of hydrogen-bond donors (Lipinski definition) is 1. The Morgan fingerprint density at radius 3 is 2.30 bits per heavy atom. The fraction of sp³-hybridized carbons (Fsp3) is 0.222. The van der Waals surface area contributed by atoms with Gasteiger partial charge in [-0.15, -0.1) is 0 Å². The van der Waals surface area contributed by atoms with Crippen LogP contribution < -0.4 is 10.1 Å². The van der Waals surface area contributed by atoms with Crippen LogP contribution >= 0.6 is 0 Å². The molecule has 23 heavy (non-hydrogen) atoms. The third-order valence-corrected chi connectivity index (χ3v) is 3.38. The number of methoxy groups -OCH3 is 1. The molecule has 2 rings (SSSR count). The van der Waals surface area contributed by atoms with Crippen molar-refractivity contribution in [3.05, 3.63) is 59.7 Å². The summed E-state index contributed by atoms with van der Waals surface area (Å²) in [6.45, 7) is 3.43. The van der Waals surface area contributed by atoms with Crippen LogP contribution in [0.5, 0.6) is 5.75 Å². The molecule has 2 aromatic rings. The van der Waals surface area contributed by atoms with Gasteiger partial charge in [-0.05, 0) is 49.7 Å². The SMILES string of the molecule is COc1ccc(C(=O)OC(C)C(=O)Nc2ccccc2C)cc1. The Morgan fingerprint density at radius 1 is 1.04 bits per heavy atom. The average molecular weight is 313 g/mol. The van der Waals surface area contributed by atoms with E-state index in [9.17, 15) is 9.59 Å². The Kier molecular flexibility index (Phi) is 5.36. The molecule has 1 atom stereocenters. The normalized spacial score (nSPS) is 11.4. The molecule has 0 fully saturated rings. The molecule has 0 radical (unpaired) electrons. The number of ether oxygens (including phenoxy) is 2. The fourth-order valence-corrected chi connectivity index (χ4v) is 1.96. The zero-order chi connectivity index (χ0) is 16.8. The van der Waals surface area contributed by atoms with Crippen molar-refractivity contribution < 1.29 is 19.1 Å². The zero-order valence-corrected chi connectivity index (χ0v) is 13.3. The van der Waals surface area contributed by atoms with E-state index in [1.807, 2.05) is 25.1 Å². The molecule has 0 spiro atoms. The second kappa shape index (κ2) is 7.45. The van der Waals surface area contributed by atoms with Crippen molar-refractivity contribution in [2.45, 2.75) is 20.0 Å². The van der Waals surface area contributed by atoms with Gasteiger partial charge in [-0.2, -0.15) is 0 Å². The molecule has 1 unspecified atom stereocenters. The molecule has 0 saturated heterocycles. The van der Waals surface area contributed by atoms with E-state index < -0.39 is 12.1 Å². The van der Waals surface area contributed by atoms with Crippen LogP contribution in [0.4, 0.5) is 5.69 Å². The number of anilines is 1. The van der Waals surface area contributed by atoms with E-state index in [1.165, 1.54) is 6.92 Å². The first-order valence-electron chi connectivity index (χ1n) is 7.23. The minimum Gasteiger partial charge on any atom is -0.497 e. The van der Waals surface area contributed by atoms with Gasteiger partial charge >= 0.3 is 5.97 Å². The van der Waals surface area contributed by atoms with Crippen LogP contribution in [-0.4, -0.2) is 25.1 Å². The van der Waals surface area contributed by atoms with E-state index in [-0.39, 0.29) is 5.91 Å². The predicted octanol–water partition coefficient (Wildman–Crippen LogP) is 3.19. The first kappa shape index (κ1) is 16.5. The van der Waals surface area contributed by atoms with Gasteiger partial charge in [0.1, 0.15) is 5.75 Å². The van der Waals surface area contributed by atoms with Crippen LogP contribution in [0.2, 0.25) is 0 Å². The summed E-state index contributed by atoms with van der Waals surface area (Å²) in [4.78, 5) is 24.2. The van der Waals surface area contributed by atoms with Gasteiger partial charge in [0.15, 0.2) is 6.10 Å². The summed E-state index contributed by atoms with van der Waals surface area (Å²) in [5.41, 5.74) is 2.00. The average Bonchev–Trinajstić information content (AvgIpc) is 2.56. The van der Waals surface area contributed by atoms with Crippen LogP contribution in [0.3, 0.4) is 0 Å². The molecule has 5 nitrogen and oxygen atoms in total. The summed E-state index contributed by atoms with van der Waals surface area (Å²) in [7, 11) is 1.55. The maximum atomic E-state index is 12.1. The molecule has 0 aliphatic rings. The second-order valence-electron chi connectivity index (χ2n) is 5.08. The molecule has 5 heteroatoms. The number of carbonyl (C=O) groups is 2. The Hall–Kier alpha value is -2.82. The molecule has 0 aliphatic carbocycles. The van der Waals surface area contributed by atoms with E-state index in [2.05, 4.69) is 5.32 Å². The Labute approximate surface area is 135 Å². The van der Waals surface area contributed by atoms with Crippen molar-refractivity contribution in [1.29, 1.82) is 0 Å². The van der Waals surface area contributed by atoms with E-state index in [4.69, 9.17) is 9.47 Å². The maximum absolute atomic E-state index is 12.1. The second-order valence-corrected chi connectivity index (χ2v) is 5.08. The van der Waals surface area contributed by atoms with Crippen LogP contribution in [-0.2, 0) is 9.53 Å². The van der Waals surface area contributed by atoms with Crippen molar-refractivity contribution in [1.82, 2.24) is 0 Å². The Balaban J connectivity index is 1.97. The number of aryl methyl sites for hydroxylation is 1. The lowest BCUT2D eigenvalue weighted by Gasteiger charge is -2.14. The van der Waals surface area contributed by atoms with E-state index in [0.29, 0.717) is 17.0 Å². The first-order chi connectivity index (χ1) is 11.0. The summed E-state index contributed by atoms with van der Waals surface area (Å²) in [6, 6.07) is 13.9. The highest BCUT2D eigenvalue weighted by atomic mass is 16.5. The van der Waals surface area contributed by atoms with Crippen molar-refractivity contribution in [3.63, 3.8) is 0 Å². The molecular weight excluding hydrogens is 294 g/mol. The monoisotopic (exact) mass is 313 g/mol. The Bertz CT molecular complexity index is 694. The third kappa shape index (κ3) is 4.32. The third-order valence-electron chi connectivity index (χ3n) is 3.38. The van der Waals surface area contributed by atoms with Gasteiger partial charge < -0.3 is 14.8 Å². The summed E-state index contributed by atoms with van der Waals surface area (Å²) < 4.78 is 10.2. The van der Waals surface area contributed by atoms with Crippen molar-refractivity contribution in [2.75, 3.05) is 12.4 Å². The van der Waals surface area contributed by atoms with Crippen LogP contribution in [0, 0.1) is 6.92 Å². The predicted molar refractivity (Wildman–Crippen MR) is 87.7 cm³/mol. The van der Waals surface area contributed by atoms with Gasteiger partial charge in [0.25, 0.3) is 5.91 Å². The standard InChI is InChI=1S/C18H19NO4/c1-12-6-4-5-7-16(12)19-17(20)13(2)23-18(21)14-8-10-15(22-3)11-9-14/h4-11,13H,1-3H3,(H,19,20). The van der Waals surface area contributed by atoms with E-state index >= 15 is 0 Å². The quantitative estimate of drug-likeness (QED) is 0.861. The van der Waals surface area contributed by atoms with Crippen molar-refractivity contribution >= 4 is 17.6 Å². The molecular formula is C18H19NO4. The topological polar surface area (TPSA) is 64.6 Å². The minimum atomic E-state index is -0.899.